The summed E-state index contributed by atoms with van der Waals surface area (Å²) in [5.74, 6) is -1.17. The first kappa shape index (κ1) is 23.1. The Kier molecular flexibility index (Phi) is 6.58. The molecule has 2 heterocycles. The molecule has 0 radical (unpaired) electrons. The molecule has 172 valence electrons. The average Bonchev–Trinajstić information content (AvgIpc) is 3.32. The molecule has 4 rings (SSSR count). The number of imide groups is 1. The van der Waals surface area contributed by atoms with Crippen molar-refractivity contribution >= 4 is 44.4 Å². The summed E-state index contributed by atoms with van der Waals surface area (Å²) in [5, 5.41) is 0.590. The lowest BCUT2D eigenvalue weighted by Gasteiger charge is -2.26. The molecule has 2 aromatic carbocycles. The summed E-state index contributed by atoms with van der Waals surface area (Å²) >= 11 is 1.46. The van der Waals surface area contributed by atoms with Crippen molar-refractivity contribution in [2.75, 3.05) is 37.6 Å². The summed E-state index contributed by atoms with van der Waals surface area (Å²) in [6.45, 7) is 10.8. The molecule has 0 saturated carbocycles. The highest BCUT2D eigenvalue weighted by atomic mass is 32.1. The standard InChI is InChI=1S/C25H28N4O3S/c1-5-27(6-2)11-12-28(25-26-22-17(4)13-16(3)14-20(22)33-25)21(30)15-29-23(31)18-9-7-8-10-19(18)24(29)32/h7-10,13-14H,5-6,11-12,15H2,1-4H3. The number of amides is 3. The predicted octanol–water partition coefficient (Wildman–Crippen LogP) is 3.88. The van der Waals surface area contributed by atoms with Gasteiger partial charge in [-0.25, -0.2) is 4.98 Å². The van der Waals surface area contributed by atoms with E-state index < -0.39 is 11.8 Å². The first-order chi connectivity index (χ1) is 15.8. The van der Waals surface area contributed by atoms with Gasteiger partial charge in [-0.05, 0) is 56.3 Å². The third kappa shape index (κ3) is 4.41. The van der Waals surface area contributed by atoms with Crippen LogP contribution in [0.25, 0.3) is 10.2 Å². The Balaban J connectivity index is 1.64. The summed E-state index contributed by atoms with van der Waals surface area (Å²) in [6, 6.07) is 10.8. The van der Waals surface area contributed by atoms with Crippen molar-refractivity contribution in [3.63, 3.8) is 0 Å². The van der Waals surface area contributed by atoms with Crippen LogP contribution in [0.1, 0.15) is 45.7 Å². The van der Waals surface area contributed by atoms with Crippen LogP contribution < -0.4 is 4.90 Å². The van der Waals surface area contributed by atoms with E-state index in [2.05, 4.69) is 30.9 Å². The number of fused-ring (bicyclic) bond motifs is 2. The molecule has 0 bridgehead atoms. The van der Waals surface area contributed by atoms with E-state index >= 15 is 0 Å². The van der Waals surface area contributed by atoms with Crippen molar-refractivity contribution in [2.24, 2.45) is 0 Å². The second-order valence-corrected chi connectivity index (χ2v) is 9.25. The van der Waals surface area contributed by atoms with E-state index in [0.29, 0.717) is 29.3 Å². The van der Waals surface area contributed by atoms with Gasteiger partial charge < -0.3 is 4.90 Å². The van der Waals surface area contributed by atoms with Crippen LogP contribution in [0.2, 0.25) is 0 Å². The van der Waals surface area contributed by atoms with Gasteiger partial charge in [0.15, 0.2) is 5.13 Å². The van der Waals surface area contributed by atoms with Gasteiger partial charge in [-0.15, -0.1) is 0 Å². The fraction of sp³-hybridized carbons (Fsp3) is 0.360. The zero-order valence-corrected chi connectivity index (χ0v) is 20.2. The lowest BCUT2D eigenvalue weighted by molar-refractivity contribution is -0.119. The molecule has 7 nitrogen and oxygen atoms in total. The van der Waals surface area contributed by atoms with Crippen molar-refractivity contribution in [3.8, 4) is 0 Å². The number of aromatic nitrogens is 1. The Morgan fingerprint density at radius 1 is 1.00 bits per heavy atom. The minimum Gasteiger partial charge on any atom is -0.302 e. The minimum absolute atomic E-state index is 0.307. The smallest absolute Gasteiger partial charge is 0.262 e. The average molecular weight is 465 g/mol. The van der Waals surface area contributed by atoms with E-state index in [1.807, 2.05) is 13.8 Å². The number of rotatable bonds is 8. The van der Waals surface area contributed by atoms with Gasteiger partial charge in [0.2, 0.25) is 5.91 Å². The van der Waals surface area contributed by atoms with Gasteiger partial charge in [-0.2, -0.15) is 0 Å². The molecular weight excluding hydrogens is 436 g/mol. The van der Waals surface area contributed by atoms with Gasteiger partial charge in [0.1, 0.15) is 6.54 Å². The molecule has 0 unspecified atom stereocenters. The SMILES string of the molecule is CCN(CC)CCN(C(=O)CN1C(=O)c2ccccc2C1=O)c1nc2c(C)cc(C)cc2s1. The normalized spacial score (nSPS) is 13.3. The first-order valence-corrected chi connectivity index (χ1v) is 12.0. The predicted molar refractivity (Wildman–Crippen MR) is 131 cm³/mol. The Morgan fingerprint density at radius 2 is 1.64 bits per heavy atom. The van der Waals surface area contributed by atoms with Crippen molar-refractivity contribution in [1.29, 1.82) is 0 Å². The highest BCUT2D eigenvalue weighted by molar-refractivity contribution is 7.22. The summed E-state index contributed by atoms with van der Waals surface area (Å²) in [7, 11) is 0. The Bertz CT molecular complexity index is 1200. The number of aryl methyl sites for hydroxylation is 2. The van der Waals surface area contributed by atoms with E-state index in [-0.39, 0.29) is 12.5 Å². The number of nitrogens with zero attached hydrogens (tertiary/aromatic N) is 4. The van der Waals surface area contributed by atoms with E-state index in [0.717, 1.165) is 39.3 Å². The number of carbonyl (C=O) groups is 3. The molecule has 1 aromatic heterocycles. The summed E-state index contributed by atoms with van der Waals surface area (Å²) < 4.78 is 1.02. The van der Waals surface area contributed by atoms with Crippen LogP contribution in [-0.2, 0) is 4.79 Å². The fourth-order valence-electron chi connectivity index (χ4n) is 4.19. The van der Waals surface area contributed by atoms with Gasteiger partial charge in [0, 0.05) is 13.1 Å². The number of likely N-dealkylation sites (N-methyl/N-ethyl adjacent to an activating group) is 1. The Morgan fingerprint density at radius 3 is 2.24 bits per heavy atom. The van der Waals surface area contributed by atoms with Crippen LogP contribution in [0.15, 0.2) is 36.4 Å². The van der Waals surface area contributed by atoms with Crippen LogP contribution >= 0.6 is 11.3 Å². The van der Waals surface area contributed by atoms with Crippen LogP contribution in [0, 0.1) is 13.8 Å². The second kappa shape index (κ2) is 9.41. The van der Waals surface area contributed by atoms with Gasteiger partial charge in [-0.1, -0.05) is 43.4 Å². The number of thiazole rings is 1. The lowest BCUT2D eigenvalue weighted by Crippen LogP contribution is -2.45. The quantitative estimate of drug-likeness (QED) is 0.473. The molecule has 3 amide bonds. The number of carbonyl (C=O) groups excluding carboxylic acids is 3. The number of benzene rings is 2. The molecule has 0 aliphatic carbocycles. The summed E-state index contributed by atoms with van der Waals surface area (Å²) in [6.07, 6.45) is 0. The molecule has 0 N–H and O–H groups in total. The molecule has 0 spiro atoms. The van der Waals surface area contributed by atoms with Crippen molar-refractivity contribution in [3.05, 3.63) is 58.7 Å². The molecule has 1 aliphatic heterocycles. The third-order valence-corrected chi connectivity index (χ3v) is 7.08. The first-order valence-electron chi connectivity index (χ1n) is 11.2. The fourth-order valence-corrected chi connectivity index (χ4v) is 5.37. The van der Waals surface area contributed by atoms with Gasteiger partial charge in [0.25, 0.3) is 11.8 Å². The Labute approximate surface area is 197 Å². The number of anilines is 1. The third-order valence-electron chi connectivity index (χ3n) is 6.06. The highest BCUT2D eigenvalue weighted by Gasteiger charge is 2.37. The van der Waals surface area contributed by atoms with Crippen molar-refractivity contribution < 1.29 is 14.4 Å². The zero-order valence-electron chi connectivity index (χ0n) is 19.4. The molecule has 0 fully saturated rings. The van der Waals surface area contributed by atoms with Gasteiger partial charge in [-0.3, -0.25) is 24.2 Å². The molecule has 33 heavy (non-hydrogen) atoms. The monoisotopic (exact) mass is 464 g/mol. The molecule has 3 aromatic rings. The molecule has 0 saturated heterocycles. The summed E-state index contributed by atoms with van der Waals surface area (Å²) in [4.78, 5) is 48.7. The topological polar surface area (TPSA) is 73.8 Å². The van der Waals surface area contributed by atoms with Crippen LogP contribution in [-0.4, -0.2) is 65.2 Å². The largest absolute Gasteiger partial charge is 0.302 e. The zero-order chi connectivity index (χ0) is 23.7. The maximum Gasteiger partial charge on any atom is 0.262 e. The maximum absolute atomic E-state index is 13.5. The van der Waals surface area contributed by atoms with Gasteiger partial charge >= 0.3 is 0 Å². The van der Waals surface area contributed by atoms with Crippen LogP contribution in [0.4, 0.5) is 5.13 Å². The van der Waals surface area contributed by atoms with Crippen LogP contribution in [0.5, 0.6) is 0 Å². The van der Waals surface area contributed by atoms with Crippen molar-refractivity contribution in [1.82, 2.24) is 14.8 Å². The van der Waals surface area contributed by atoms with E-state index in [4.69, 9.17) is 4.98 Å². The Hall–Kier alpha value is -3.10. The molecule has 0 atom stereocenters. The van der Waals surface area contributed by atoms with Crippen LogP contribution in [0.3, 0.4) is 0 Å². The summed E-state index contributed by atoms with van der Waals surface area (Å²) in [5.41, 5.74) is 3.76. The highest BCUT2D eigenvalue weighted by Crippen LogP contribution is 2.32. The van der Waals surface area contributed by atoms with Gasteiger partial charge in [0.05, 0.1) is 21.3 Å². The minimum atomic E-state index is -0.427. The number of hydrogen-bond acceptors (Lipinski definition) is 6. The maximum atomic E-state index is 13.5. The molecular formula is C25H28N4O3S. The molecule has 8 heteroatoms. The molecule has 1 aliphatic rings. The van der Waals surface area contributed by atoms with E-state index in [1.54, 1.807) is 29.2 Å². The van der Waals surface area contributed by atoms with E-state index in [1.165, 1.54) is 11.3 Å². The van der Waals surface area contributed by atoms with Crippen molar-refractivity contribution in [2.45, 2.75) is 27.7 Å². The number of hydrogen-bond donors (Lipinski definition) is 0. The lowest BCUT2D eigenvalue weighted by atomic mass is 10.1. The second-order valence-electron chi connectivity index (χ2n) is 8.24. The van der Waals surface area contributed by atoms with E-state index in [9.17, 15) is 14.4 Å².